The number of nitrogens with one attached hydrogen (secondary N) is 1. The van der Waals surface area contributed by atoms with Crippen molar-refractivity contribution in [3.05, 3.63) is 65.7 Å². The van der Waals surface area contributed by atoms with Crippen molar-refractivity contribution in [1.29, 1.82) is 0 Å². The van der Waals surface area contributed by atoms with Gasteiger partial charge in [-0.05, 0) is 24.6 Å². The van der Waals surface area contributed by atoms with Crippen molar-refractivity contribution in [3.8, 4) is 5.75 Å². The molecule has 18 heavy (non-hydrogen) atoms. The molecule has 0 aliphatic carbocycles. The topological polar surface area (TPSA) is 32.3 Å². The molecule has 3 rings (SSSR count). The van der Waals surface area contributed by atoms with Crippen molar-refractivity contribution < 1.29 is 5.11 Å². The van der Waals surface area contributed by atoms with Crippen LogP contribution in [0.2, 0.25) is 0 Å². The van der Waals surface area contributed by atoms with Gasteiger partial charge in [-0.15, -0.1) is 0 Å². The Morgan fingerprint density at radius 1 is 1.00 bits per heavy atom. The first-order chi connectivity index (χ1) is 8.75. The summed E-state index contributed by atoms with van der Waals surface area (Å²) in [6, 6.07) is 15.7. The highest BCUT2D eigenvalue weighted by molar-refractivity contribution is 5.79. The van der Waals surface area contributed by atoms with Crippen LogP contribution in [0.5, 0.6) is 5.75 Å². The van der Waals surface area contributed by atoms with Gasteiger partial charge in [-0.2, -0.15) is 0 Å². The van der Waals surface area contributed by atoms with Crippen LogP contribution in [0.25, 0.3) is 5.57 Å². The third-order valence-corrected chi connectivity index (χ3v) is 3.35. The molecule has 2 nitrogen and oxygen atoms in total. The van der Waals surface area contributed by atoms with Crippen molar-refractivity contribution in [2.45, 2.75) is 13.0 Å². The van der Waals surface area contributed by atoms with E-state index in [2.05, 4.69) is 30.4 Å². The average molecular weight is 237 g/mol. The van der Waals surface area contributed by atoms with E-state index in [1.54, 1.807) is 6.07 Å². The number of anilines is 1. The molecule has 0 radical (unpaired) electrons. The zero-order valence-electron chi connectivity index (χ0n) is 10.2. The first-order valence-electron chi connectivity index (χ1n) is 6.08. The molecule has 2 aromatic rings. The second kappa shape index (κ2) is 4.22. The van der Waals surface area contributed by atoms with E-state index < -0.39 is 0 Å². The first-order valence-corrected chi connectivity index (χ1v) is 6.08. The van der Waals surface area contributed by atoms with Gasteiger partial charge in [0.05, 0.1) is 6.04 Å². The summed E-state index contributed by atoms with van der Waals surface area (Å²) in [7, 11) is 0. The maximum Gasteiger partial charge on any atom is 0.121 e. The fourth-order valence-corrected chi connectivity index (χ4v) is 2.42. The zero-order chi connectivity index (χ0) is 12.5. The number of aromatic hydroxyl groups is 1. The summed E-state index contributed by atoms with van der Waals surface area (Å²) >= 11 is 0. The summed E-state index contributed by atoms with van der Waals surface area (Å²) in [6.45, 7) is 2.10. The second-order valence-corrected chi connectivity index (χ2v) is 4.58. The van der Waals surface area contributed by atoms with Crippen LogP contribution in [0.4, 0.5) is 5.69 Å². The first kappa shape index (κ1) is 10.9. The lowest BCUT2D eigenvalue weighted by Gasteiger charge is -2.25. The molecule has 0 saturated heterocycles. The van der Waals surface area contributed by atoms with Crippen LogP contribution in [0.3, 0.4) is 0 Å². The summed E-state index contributed by atoms with van der Waals surface area (Å²) in [5.41, 5.74) is 4.49. The van der Waals surface area contributed by atoms with E-state index >= 15 is 0 Å². The minimum absolute atomic E-state index is 0.0288. The standard InChI is InChI=1S/C16H15NO/c1-11-10-15(13-7-3-5-9-16(13)18)17-14-8-4-2-6-12(11)14/h2-10,15,17-18H,1H3. The van der Waals surface area contributed by atoms with E-state index in [0.29, 0.717) is 5.75 Å². The normalized spacial score (nSPS) is 17.6. The number of hydrogen-bond donors (Lipinski definition) is 2. The number of hydrogen-bond acceptors (Lipinski definition) is 2. The largest absolute Gasteiger partial charge is 0.508 e. The molecule has 0 saturated carbocycles. The molecular formula is C16H15NO. The summed E-state index contributed by atoms with van der Waals surface area (Å²) in [6.07, 6.45) is 2.15. The van der Waals surface area contributed by atoms with Crippen LogP contribution in [0, 0.1) is 0 Å². The van der Waals surface area contributed by atoms with Crippen LogP contribution in [-0.4, -0.2) is 5.11 Å². The monoisotopic (exact) mass is 237 g/mol. The maximum atomic E-state index is 9.93. The molecule has 1 atom stereocenters. The lowest BCUT2D eigenvalue weighted by atomic mass is 9.94. The number of benzene rings is 2. The molecule has 0 bridgehead atoms. The van der Waals surface area contributed by atoms with Gasteiger partial charge in [0.1, 0.15) is 5.75 Å². The van der Waals surface area contributed by atoms with Gasteiger partial charge in [0.2, 0.25) is 0 Å². The van der Waals surface area contributed by atoms with Gasteiger partial charge in [-0.1, -0.05) is 42.5 Å². The number of allylic oxidation sites excluding steroid dienone is 1. The van der Waals surface area contributed by atoms with Gasteiger partial charge in [0.15, 0.2) is 0 Å². The van der Waals surface area contributed by atoms with Gasteiger partial charge >= 0.3 is 0 Å². The Labute approximate surface area is 107 Å². The molecule has 0 aromatic heterocycles. The molecule has 2 N–H and O–H groups in total. The quantitative estimate of drug-likeness (QED) is 0.786. The highest BCUT2D eigenvalue weighted by Crippen LogP contribution is 2.37. The Morgan fingerprint density at radius 2 is 1.72 bits per heavy atom. The SMILES string of the molecule is CC1=CC(c2ccccc2O)Nc2ccccc21. The number of rotatable bonds is 1. The third-order valence-electron chi connectivity index (χ3n) is 3.35. The Balaban J connectivity index is 2.05. The van der Waals surface area contributed by atoms with Crippen molar-refractivity contribution >= 4 is 11.3 Å². The molecule has 1 heterocycles. The van der Waals surface area contributed by atoms with E-state index in [1.165, 1.54) is 11.1 Å². The zero-order valence-corrected chi connectivity index (χ0v) is 10.2. The molecule has 2 aromatic carbocycles. The third kappa shape index (κ3) is 1.76. The van der Waals surface area contributed by atoms with E-state index in [4.69, 9.17) is 0 Å². The molecule has 0 amide bonds. The highest BCUT2D eigenvalue weighted by atomic mass is 16.3. The van der Waals surface area contributed by atoms with Gasteiger partial charge in [-0.25, -0.2) is 0 Å². The van der Waals surface area contributed by atoms with Crippen LogP contribution in [0.15, 0.2) is 54.6 Å². The van der Waals surface area contributed by atoms with Crippen molar-refractivity contribution in [2.75, 3.05) is 5.32 Å². The highest BCUT2D eigenvalue weighted by Gasteiger charge is 2.19. The van der Waals surface area contributed by atoms with Gasteiger partial charge in [0.25, 0.3) is 0 Å². The molecule has 1 unspecified atom stereocenters. The molecule has 0 fully saturated rings. The number of phenols is 1. The lowest BCUT2D eigenvalue weighted by molar-refractivity contribution is 0.467. The van der Waals surface area contributed by atoms with E-state index in [9.17, 15) is 5.11 Å². The summed E-state index contributed by atoms with van der Waals surface area (Å²) < 4.78 is 0. The van der Waals surface area contributed by atoms with Crippen LogP contribution >= 0.6 is 0 Å². The molecule has 1 aliphatic rings. The molecule has 0 spiro atoms. The average Bonchev–Trinajstić information content (AvgIpc) is 2.39. The fourth-order valence-electron chi connectivity index (χ4n) is 2.42. The van der Waals surface area contributed by atoms with Crippen LogP contribution in [-0.2, 0) is 0 Å². The maximum absolute atomic E-state index is 9.93. The minimum atomic E-state index is 0.0288. The van der Waals surface area contributed by atoms with E-state index in [0.717, 1.165) is 11.3 Å². The van der Waals surface area contributed by atoms with Crippen LogP contribution in [0.1, 0.15) is 24.1 Å². The number of para-hydroxylation sites is 2. The van der Waals surface area contributed by atoms with Gasteiger partial charge in [0, 0.05) is 16.8 Å². The summed E-state index contributed by atoms with van der Waals surface area (Å²) in [5.74, 6) is 0.332. The summed E-state index contributed by atoms with van der Waals surface area (Å²) in [4.78, 5) is 0. The second-order valence-electron chi connectivity index (χ2n) is 4.58. The summed E-state index contributed by atoms with van der Waals surface area (Å²) in [5, 5.41) is 13.4. The predicted molar refractivity (Wildman–Crippen MR) is 74.6 cm³/mol. The van der Waals surface area contributed by atoms with Crippen molar-refractivity contribution in [1.82, 2.24) is 0 Å². The molecular weight excluding hydrogens is 222 g/mol. The Kier molecular flexibility index (Phi) is 2.56. The minimum Gasteiger partial charge on any atom is -0.508 e. The Bertz CT molecular complexity index is 616. The lowest BCUT2D eigenvalue weighted by Crippen LogP contribution is -2.13. The van der Waals surface area contributed by atoms with Gasteiger partial charge < -0.3 is 10.4 Å². The molecule has 90 valence electrons. The Hall–Kier alpha value is -2.22. The van der Waals surface area contributed by atoms with Gasteiger partial charge in [-0.3, -0.25) is 0 Å². The van der Waals surface area contributed by atoms with Crippen molar-refractivity contribution in [2.24, 2.45) is 0 Å². The van der Waals surface area contributed by atoms with E-state index in [1.807, 2.05) is 30.3 Å². The van der Waals surface area contributed by atoms with Crippen molar-refractivity contribution in [3.63, 3.8) is 0 Å². The predicted octanol–water partition coefficient (Wildman–Crippen LogP) is 3.96. The molecule has 2 heteroatoms. The molecule has 1 aliphatic heterocycles. The number of fused-ring (bicyclic) bond motifs is 1. The fraction of sp³-hybridized carbons (Fsp3) is 0.125. The van der Waals surface area contributed by atoms with E-state index in [-0.39, 0.29) is 6.04 Å². The smallest absolute Gasteiger partial charge is 0.121 e. The number of phenolic OH excluding ortho intramolecular Hbond substituents is 1. The van der Waals surface area contributed by atoms with Crippen LogP contribution < -0.4 is 5.32 Å². The Morgan fingerprint density at radius 3 is 2.56 bits per heavy atom.